The lowest BCUT2D eigenvalue weighted by molar-refractivity contribution is -0.150. The van der Waals surface area contributed by atoms with Gasteiger partial charge in [0.15, 0.2) is 0 Å². The Balaban J connectivity index is 1.88. The molecule has 144 valence electrons. The number of ether oxygens (including phenoxy) is 1. The van der Waals surface area contributed by atoms with Crippen LogP contribution in [0.15, 0.2) is 91.0 Å². The summed E-state index contributed by atoms with van der Waals surface area (Å²) in [6.45, 7) is 0.841. The molecule has 0 amide bonds. The second kappa shape index (κ2) is 9.86. The number of carbonyl (C=O) groups is 1. The molecule has 0 fully saturated rings. The van der Waals surface area contributed by atoms with Crippen molar-refractivity contribution in [1.82, 2.24) is 4.90 Å². The fraction of sp³-hybridized carbons (Fsp3) is 0.240. The Labute approximate surface area is 167 Å². The third-order valence-electron chi connectivity index (χ3n) is 4.77. The third kappa shape index (κ3) is 5.30. The Morgan fingerprint density at radius 3 is 1.61 bits per heavy atom. The molecule has 1 atom stereocenters. The molecule has 0 aromatic heterocycles. The van der Waals surface area contributed by atoms with Crippen LogP contribution in [-0.2, 0) is 9.53 Å². The van der Waals surface area contributed by atoms with Crippen LogP contribution >= 0.6 is 0 Å². The lowest BCUT2D eigenvalue weighted by Gasteiger charge is -2.24. The van der Waals surface area contributed by atoms with E-state index in [4.69, 9.17) is 4.74 Å². The standard InChI is InChI=1S/C25H27NO2/c1-26(2)19-18-23(20-12-6-3-7-13-20)28-25(27)24(21-14-8-4-9-15-21)22-16-10-5-11-17-22/h3-17,23-24H,18-19H2,1-2H3/t23-/m1/s1. The molecule has 3 aromatic rings. The van der Waals surface area contributed by atoms with Crippen LogP contribution in [0.4, 0.5) is 0 Å². The number of nitrogens with zero attached hydrogens (tertiary/aromatic N) is 1. The van der Waals surface area contributed by atoms with Crippen LogP contribution in [0.3, 0.4) is 0 Å². The quantitative estimate of drug-likeness (QED) is 0.517. The van der Waals surface area contributed by atoms with E-state index in [1.54, 1.807) is 0 Å². The van der Waals surface area contributed by atoms with Crippen LogP contribution in [0.1, 0.15) is 35.1 Å². The molecule has 0 unspecified atom stereocenters. The zero-order chi connectivity index (χ0) is 19.8. The number of rotatable bonds is 8. The highest BCUT2D eigenvalue weighted by Crippen LogP contribution is 2.30. The predicted molar refractivity (Wildman–Crippen MR) is 113 cm³/mol. The lowest BCUT2D eigenvalue weighted by atomic mass is 9.91. The van der Waals surface area contributed by atoms with Crippen molar-refractivity contribution in [3.05, 3.63) is 108 Å². The fourth-order valence-corrected chi connectivity index (χ4v) is 3.30. The molecule has 0 saturated heterocycles. The monoisotopic (exact) mass is 373 g/mol. The molecule has 0 spiro atoms. The molecule has 0 aliphatic carbocycles. The molecule has 0 aliphatic rings. The van der Waals surface area contributed by atoms with Gasteiger partial charge in [-0.25, -0.2) is 0 Å². The van der Waals surface area contributed by atoms with Crippen molar-refractivity contribution in [1.29, 1.82) is 0 Å². The van der Waals surface area contributed by atoms with E-state index in [1.807, 2.05) is 105 Å². The van der Waals surface area contributed by atoms with Gasteiger partial charge in [-0.1, -0.05) is 91.0 Å². The maximum Gasteiger partial charge on any atom is 0.318 e. The van der Waals surface area contributed by atoms with E-state index in [0.29, 0.717) is 0 Å². The van der Waals surface area contributed by atoms with Crippen LogP contribution in [0, 0.1) is 0 Å². The first kappa shape index (κ1) is 19.8. The molecule has 3 rings (SSSR count). The summed E-state index contributed by atoms with van der Waals surface area (Å²) in [6.07, 6.45) is 0.477. The Morgan fingerprint density at radius 2 is 1.18 bits per heavy atom. The summed E-state index contributed by atoms with van der Waals surface area (Å²) in [5, 5.41) is 0. The number of hydrogen-bond donors (Lipinski definition) is 0. The van der Waals surface area contributed by atoms with Crippen molar-refractivity contribution >= 4 is 5.97 Å². The average molecular weight is 373 g/mol. The molecule has 0 aliphatic heterocycles. The van der Waals surface area contributed by atoms with Gasteiger partial charge in [-0.05, 0) is 30.8 Å². The van der Waals surface area contributed by atoms with E-state index in [0.717, 1.165) is 29.7 Å². The van der Waals surface area contributed by atoms with Gasteiger partial charge in [0.2, 0.25) is 0 Å². The summed E-state index contributed by atoms with van der Waals surface area (Å²) < 4.78 is 6.09. The summed E-state index contributed by atoms with van der Waals surface area (Å²) in [6, 6.07) is 29.7. The average Bonchev–Trinajstić information content (AvgIpc) is 2.73. The van der Waals surface area contributed by atoms with Crippen LogP contribution < -0.4 is 0 Å². The first-order chi connectivity index (χ1) is 13.6. The van der Waals surface area contributed by atoms with Crippen molar-refractivity contribution < 1.29 is 9.53 Å². The number of esters is 1. The molecular formula is C25H27NO2. The highest BCUT2D eigenvalue weighted by molar-refractivity contribution is 5.82. The zero-order valence-electron chi connectivity index (χ0n) is 16.5. The van der Waals surface area contributed by atoms with Crippen molar-refractivity contribution in [2.75, 3.05) is 20.6 Å². The minimum atomic E-state index is -0.437. The predicted octanol–water partition coefficient (Wildman–Crippen LogP) is 5.05. The van der Waals surface area contributed by atoms with Gasteiger partial charge in [-0.15, -0.1) is 0 Å². The normalized spacial score (nSPS) is 12.1. The summed E-state index contributed by atoms with van der Waals surface area (Å²) in [7, 11) is 4.06. The highest BCUT2D eigenvalue weighted by Gasteiger charge is 2.27. The van der Waals surface area contributed by atoms with Gasteiger partial charge in [-0.3, -0.25) is 4.79 Å². The number of benzene rings is 3. The fourth-order valence-electron chi connectivity index (χ4n) is 3.30. The van der Waals surface area contributed by atoms with E-state index < -0.39 is 5.92 Å². The van der Waals surface area contributed by atoms with Crippen molar-refractivity contribution in [3.8, 4) is 0 Å². The molecule has 3 nitrogen and oxygen atoms in total. The molecule has 28 heavy (non-hydrogen) atoms. The summed E-state index contributed by atoms with van der Waals surface area (Å²) in [5.74, 6) is -0.655. The Hall–Kier alpha value is -2.91. The minimum Gasteiger partial charge on any atom is -0.457 e. The van der Waals surface area contributed by atoms with Crippen LogP contribution in [0.2, 0.25) is 0 Å². The number of carbonyl (C=O) groups excluding carboxylic acids is 1. The van der Waals surface area contributed by atoms with Gasteiger partial charge in [0.1, 0.15) is 12.0 Å². The van der Waals surface area contributed by atoms with Crippen molar-refractivity contribution in [2.24, 2.45) is 0 Å². The van der Waals surface area contributed by atoms with Gasteiger partial charge < -0.3 is 9.64 Å². The maximum atomic E-state index is 13.3. The first-order valence-electron chi connectivity index (χ1n) is 9.65. The minimum absolute atomic E-state index is 0.218. The molecular weight excluding hydrogens is 346 g/mol. The SMILES string of the molecule is CN(C)CC[C@@H](OC(=O)C(c1ccccc1)c1ccccc1)c1ccccc1. The molecule has 3 heteroatoms. The van der Waals surface area contributed by atoms with E-state index in [-0.39, 0.29) is 12.1 Å². The molecule has 0 radical (unpaired) electrons. The summed E-state index contributed by atoms with van der Waals surface area (Å²) >= 11 is 0. The summed E-state index contributed by atoms with van der Waals surface area (Å²) in [5.41, 5.74) is 2.91. The van der Waals surface area contributed by atoms with Gasteiger partial charge in [0, 0.05) is 13.0 Å². The van der Waals surface area contributed by atoms with Gasteiger partial charge >= 0.3 is 5.97 Å². The van der Waals surface area contributed by atoms with E-state index in [2.05, 4.69) is 4.90 Å². The van der Waals surface area contributed by atoms with Crippen LogP contribution in [-0.4, -0.2) is 31.5 Å². The van der Waals surface area contributed by atoms with Gasteiger partial charge in [-0.2, -0.15) is 0 Å². The van der Waals surface area contributed by atoms with Crippen LogP contribution in [0.5, 0.6) is 0 Å². The highest BCUT2D eigenvalue weighted by atomic mass is 16.5. The van der Waals surface area contributed by atoms with E-state index in [9.17, 15) is 4.79 Å². The van der Waals surface area contributed by atoms with Crippen molar-refractivity contribution in [3.63, 3.8) is 0 Å². The Kier molecular flexibility index (Phi) is 6.99. The van der Waals surface area contributed by atoms with E-state index in [1.165, 1.54) is 0 Å². The van der Waals surface area contributed by atoms with Gasteiger partial charge in [0.25, 0.3) is 0 Å². The zero-order valence-corrected chi connectivity index (χ0v) is 16.5. The molecule has 0 heterocycles. The van der Waals surface area contributed by atoms with Crippen molar-refractivity contribution in [2.45, 2.75) is 18.4 Å². The molecule has 3 aromatic carbocycles. The molecule has 0 saturated carbocycles. The smallest absolute Gasteiger partial charge is 0.318 e. The summed E-state index contributed by atoms with van der Waals surface area (Å²) in [4.78, 5) is 15.4. The molecule has 0 N–H and O–H groups in total. The van der Waals surface area contributed by atoms with Gasteiger partial charge in [0.05, 0.1) is 0 Å². The maximum absolute atomic E-state index is 13.3. The largest absolute Gasteiger partial charge is 0.457 e. The Morgan fingerprint density at radius 1 is 0.750 bits per heavy atom. The van der Waals surface area contributed by atoms with Crippen LogP contribution in [0.25, 0.3) is 0 Å². The second-order valence-electron chi connectivity index (χ2n) is 7.18. The first-order valence-corrected chi connectivity index (χ1v) is 9.65. The lowest BCUT2D eigenvalue weighted by Crippen LogP contribution is -2.23. The number of hydrogen-bond acceptors (Lipinski definition) is 3. The third-order valence-corrected chi connectivity index (χ3v) is 4.77. The topological polar surface area (TPSA) is 29.5 Å². The second-order valence-corrected chi connectivity index (χ2v) is 7.18. The molecule has 0 bridgehead atoms. The Bertz CT molecular complexity index is 808. The van der Waals surface area contributed by atoms with E-state index >= 15 is 0 Å².